The molecule has 0 saturated carbocycles. The van der Waals surface area contributed by atoms with Gasteiger partial charge in [0.2, 0.25) is 0 Å². The van der Waals surface area contributed by atoms with Gasteiger partial charge >= 0.3 is 5.97 Å². The van der Waals surface area contributed by atoms with Crippen molar-refractivity contribution in [3.05, 3.63) is 35.9 Å². The molecule has 0 aromatic heterocycles. The van der Waals surface area contributed by atoms with Crippen molar-refractivity contribution in [3.63, 3.8) is 0 Å². The molecule has 0 bridgehead atoms. The molecule has 0 radical (unpaired) electrons. The second-order valence-electron chi connectivity index (χ2n) is 4.05. The second kappa shape index (κ2) is 3.88. The van der Waals surface area contributed by atoms with Gasteiger partial charge in [0.15, 0.2) is 0 Å². The summed E-state index contributed by atoms with van der Waals surface area (Å²) < 4.78 is 10.8. The van der Waals surface area contributed by atoms with Gasteiger partial charge in [0.25, 0.3) is 0 Å². The number of morpholine rings is 1. The summed E-state index contributed by atoms with van der Waals surface area (Å²) in [6.45, 7) is 1.75. The van der Waals surface area contributed by atoms with E-state index in [1.54, 1.807) is 0 Å². The Labute approximate surface area is 93.8 Å². The average molecular weight is 219 g/mol. The van der Waals surface area contributed by atoms with E-state index in [0.29, 0.717) is 13.3 Å². The smallest absolute Gasteiger partial charge is 0.326 e. The van der Waals surface area contributed by atoms with Crippen LogP contribution in [-0.4, -0.2) is 36.8 Å². The first kappa shape index (κ1) is 9.81. The highest BCUT2D eigenvalue weighted by molar-refractivity contribution is 5.78. The first-order chi connectivity index (χ1) is 7.86. The normalized spacial score (nSPS) is 29.9. The topological polar surface area (TPSA) is 38.8 Å². The zero-order valence-electron chi connectivity index (χ0n) is 8.83. The van der Waals surface area contributed by atoms with Crippen LogP contribution in [-0.2, 0) is 14.3 Å². The molecule has 4 nitrogen and oxygen atoms in total. The molecule has 2 atom stereocenters. The van der Waals surface area contributed by atoms with Crippen LogP contribution in [0.4, 0.5) is 0 Å². The summed E-state index contributed by atoms with van der Waals surface area (Å²) in [5.74, 6) is -0.169. The Bertz CT molecular complexity index is 393. The zero-order valence-corrected chi connectivity index (χ0v) is 8.83. The van der Waals surface area contributed by atoms with Crippen LogP contribution in [0.2, 0.25) is 0 Å². The maximum Gasteiger partial charge on any atom is 0.326 e. The van der Waals surface area contributed by atoms with Crippen molar-refractivity contribution in [2.24, 2.45) is 0 Å². The SMILES string of the molecule is O=C1OCCN2COC(c3ccccc3)C12. The number of fused-ring (bicyclic) bond motifs is 1. The van der Waals surface area contributed by atoms with Gasteiger partial charge in [0, 0.05) is 6.54 Å². The van der Waals surface area contributed by atoms with Gasteiger partial charge in [-0.15, -0.1) is 0 Å². The van der Waals surface area contributed by atoms with Gasteiger partial charge in [0.05, 0.1) is 0 Å². The summed E-state index contributed by atoms with van der Waals surface area (Å²) >= 11 is 0. The third-order valence-electron chi connectivity index (χ3n) is 3.09. The van der Waals surface area contributed by atoms with Gasteiger partial charge in [-0.2, -0.15) is 0 Å². The number of carbonyl (C=O) groups is 1. The molecule has 4 heteroatoms. The van der Waals surface area contributed by atoms with Crippen LogP contribution < -0.4 is 0 Å². The predicted octanol–water partition coefficient (Wildman–Crippen LogP) is 0.943. The van der Waals surface area contributed by atoms with Crippen molar-refractivity contribution in [1.82, 2.24) is 4.90 Å². The van der Waals surface area contributed by atoms with E-state index in [9.17, 15) is 4.79 Å². The molecule has 2 aliphatic rings. The molecule has 0 aliphatic carbocycles. The molecule has 2 heterocycles. The van der Waals surface area contributed by atoms with E-state index in [4.69, 9.17) is 9.47 Å². The Morgan fingerprint density at radius 2 is 2.06 bits per heavy atom. The van der Waals surface area contributed by atoms with E-state index in [1.165, 1.54) is 0 Å². The van der Waals surface area contributed by atoms with Crippen molar-refractivity contribution in [2.75, 3.05) is 19.9 Å². The summed E-state index contributed by atoms with van der Waals surface area (Å²) in [6, 6.07) is 9.56. The monoisotopic (exact) mass is 219 g/mol. The molecule has 0 amide bonds. The number of ether oxygens (including phenoxy) is 2. The fourth-order valence-electron chi connectivity index (χ4n) is 2.29. The molecule has 0 N–H and O–H groups in total. The first-order valence-corrected chi connectivity index (χ1v) is 5.43. The molecule has 0 spiro atoms. The molecule has 2 aliphatic heterocycles. The number of cyclic esters (lactones) is 1. The maximum absolute atomic E-state index is 11.7. The third kappa shape index (κ3) is 1.50. The Balaban J connectivity index is 1.89. The summed E-state index contributed by atoms with van der Waals surface area (Å²) in [6.07, 6.45) is -0.186. The van der Waals surface area contributed by atoms with E-state index in [1.807, 2.05) is 35.2 Å². The number of hydrogen-bond acceptors (Lipinski definition) is 4. The lowest BCUT2D eigenvalue weighted by atomic mass is 10.0. The van der Waals surface area contributed by atoms with Crippen LogP contribution in [0.5, 0.6) is 0 Å². The Morgan fingerprint density at radius 3 is 2.88 bits per heavy atom. The van der Waals surface area contributed by atoms with Crippen molar-refractivity contribution in [3.8, 4) is 0 Å². The largest absolute Gasteiger partial charge is 0.463 e. The minimum absolute atomic E-state index is 0.169. The maximum atomic E-state index is 11.7. The molecule has 84 valence electrons. The molecule has 3 rings (SSSR count). The molecule has 2 fully saturated rings. The molecule has 1 aromatic rings. The van der Waals surface area contributed by atoms with Crippen molar-refractivity contribution in [2.45, 2.75) is 12.1 Å². The fourth-order valence-corrected chi connectivity index (χ4v) is 2.29. The van der Waals surface area contributed by atoms with Crippen LogP contribution in [0.3, 0.4) is 0 Å². The van der Waals surface area contributed by atoms with E-state index in [-0.39, 0.29) is 18.1 Å². The van der Waals surface area contributed by atoms with Crippen molar-refractivity contribution >= 4 is 5.97 Å². The average Bonchev–Trinajstić information content (AvgIpc) is 2.75. The standard InChI is InChI=1S/C12H13NO3/c14-12-10-11(9-4-2-1-3-5-9)16-8-13(10)6-7-15-12/h1-5,10-11H,6-8H2. The van der Waals surface area contributed by atoms with Gasteiger partial charge in [-0.05, 0) is 5.56 Å². The van der Waals surface area contributed by atoms with E-state index < -0.39 is 0 Å². The van der Waals surface area contributed by atoms with E-state index >= 15 is 0 Å². The van der Waals surface area contributed by atoms with Crippen LogP contribution in [0.15, 0.2) is 30.3 Å². The Kier molecular flexibility index (Phi) is 2.38. The van der Waals surface area contributed by atoms with Gasteiger partial charge in [-0.3, -0.25) is 9.69 Å². The van der Waals surface area contributed by atoms with E-state index in [2.05, 4.69) is 0 Å². The van der Waals surface area contributed by atoms with Crippen LogP contribution in [0.1, 0.15) is 11.7 Å². The highest BCUT2D eigenvalue weighted by Crippen LogP contribution is 2.33. The van der Waals surface area contributed by atoms with Gasteiger partial charge in [-0.1, -0.05) is 30.3 Å². The minimum Gasteiger partial charge on any atom is -0.463 e. The molecule has 16 heavy (non-hydrogen) atoms. The lowest BCUT2D eigenvalue weighted by molar-refractivity contribution is -0.156. The molecule has 1 aromatic carbocycles. The number of benzene rings is 1. The summed E-state index contributed by atoms with van der Waals surface area (Å²) in [7, 11) is 0. The first-order valence-electron chi connectivity index (χ1n) is 5.43. The number of hydrogen-bond donors (Lipinski definition) is 0. The van der Waals surface area contributed by atoms with Crippen molar-refractivity contribution < 1.29 is 14.3 Å². The second-order valence-corrected chi connectivity index (χ2v) is 4.05. The molecular weight excluding hydrogens is 206 g/mol. The number of nitrogens with zero attached hydrogens (tertiary/aromatic N) is 1. The highest BCUT2D eigenvalue weighted by Gasteiger charge is 2.44. The van der Waals surface area contributed by atoms with Gasteiger partial charge in [0.1, 0.15) is 25.5 Å². The molecule has 2 unspecified atom stereocenters. The van der Waals surface area contributed by atoms with Crippen LogP contribution >= 0.6 is 0 Å². The Hall–Kier alpha value is -1.39. The third-order valence-corrected chi connectivity index (χ3v) is 3.09. The quantitative estimate of drug-likeness (QED) is 0.659. The Morgan fingerprint density at radius 1 is 1.25 bits per heavy atom. The molecular formula is C12H13NO3. The fraction of sp³-hybridized carbons (Fsp3) is 0.417. The minimum atomic E-state index is -0.267. The predicted molar refractivity (Wildman–Crippen MR) is 56.6 cm³/mol. The van der Waals surface area contributed by atoms with E-state index in [0.717, 1.165) is 12.1 Å². The van der Waals surface area contributed by atoms with Crippen LogP contribution in [0, 0.1) is 0 Å². The highest BCUT2D eigenvalue weighted by atomic mass is 16.6. The number of carbonyl (C=O) groups excluding carboxylic acids is 1. The summed E-state index contributed by atoms with van der Waals surface area (Å²) in [5.41, 5.74) is 1.04. The lowest BCUT2D eigenvalue weighted by Crippen LogP contribution is -2.46. The lowest BCUT2D eigenvalue weighted by Gasteiger charge is -2.28. The van der Waals surface area contributed by atoms with Gasteiger partial charge < -0.3 is 9.47 Å². The van der Waals surface area contributed by atoms with Crippen LogP contribution in [0.25, 0.3) is 0 Å². The number of rotatable bonds is 1. The summed E-state index contributed by atoms with van der Waals surface area (Å²) in [5, 5.41) is 0. The zero-order chi connectivity index (χ0) is 11.0. The van der Waals surface area contributed by atoms with Gasteiger partial charge in [-0.25, -0.2) is 0 Å². The number of esters is 1. The molecule has 2 saturated heterocycles. The van der Waals surface area contributed by atoms with Crippen molar-refractivity contribution in [1.29, 1.82) is 0 Å². The summed E-state index contributed by atoms with van der Waals surface area (Å²) in [4.78, 5) is 13.7.